The van der Waals surface area contributed by atoms with E-state index in [1.165, 1.54) is 25.7 Å². The van der Waals surface area contributed by atoms with Crippen LogP contribution in [0.2, 0.25) is 0 Å². The third-order valence-corrected chi connectivity index (χ3v) is 4.23. The molecule has 1 aromatic heterocycles. The van der Waals surface area contributed by atoms with Crippen LogP contribution in [0.3, 0.4) is 0 Å². The highest BCUT2D eigenvalue weighted by atomic mass is 16.5. The summed E-state index contributed by atoms with van der Waals surface area (Å²) in [5.41, 5.74) is 5.67. The molecule has 2 rings (SSSR count). The van der Waals surface area contributed by atoms with Crippen LogP contribution in [0.4, 0.5) is 0 Å². The third kappa shape index (κ3) is 5.75. The van der Waals surface area contributed by atoms with E-state index in [-0.39, 0.29) is 6.10 Å². The Balaban J connectivity index is 1.76. The lowest BCUT2D eigenvalue weighted by Crippen LogP contribution is -2.21. The Morgan fingerprint density at radius 3 is 2.90 bits per heavy atom. The van der Waals surface area contributed by atoms with E-state index in [1.807, 2.05) is 0 Å². The third-order valence-electron chi connectivity index (χ3n) is 4.23. The number of rotatable bonds is 9. The van der Waals surface area contributed by atoms with Crippen molar-refractivity contribution in [2.24, 2.45) is 11.7 Å². The maximum Gasteiger partial charge on any atom is 0.226 e. The maximum atomic E-state index is 5.72. The minimum atomic E-state index is 0.272. The number of nitrogens with two attached hydrogens (primary N) is 1. The number of aromatic nitrogens is 2. The smallest absolute Gasteiger partial charge is 0.226 e. The molecule has 2 unspecified atom stereocenters. The summed E-state index contributed by atoms with van der Waals surface area (Å²) in [6.45, 7) is 3.85. The van der Waals surface area contributed by atoms with Gasteiger partial charge in [0.05, 0.1) is 6.10 Å². The minimum absolute atomic E-state index is 0.272. The van der Waals surface area contributed by atoms with Crippen molar-refractivity contribution in [1.29, 1.82) is 0 Å². The van der Waals surface area contributed by atoms with Crippen molar-refractivity contribution in [2.45, 2.75) is 70.8 Å². The zero-order valence-electron chi connectivity index (χ0n) is 13.2. The molecule has 2 atom stereocenters. The predicted octanol–water partition coefficient (Wildman–Crippen LogP) is 2.88. The second kappa shape index (κ2) is 9.15. The zero-order valence-corrected chi connectivity index (χ0v) is 13.2. The monoisotopic (exact) mass is 295 g/mol. The van der Waals surface area contributed by atoms with E-state index in [1.54, 1.807) is 0 Å². The zero-order chi connectivity index (χ0) is 14.9. The van der Waals surface area contributed by atoms with Crippen LogP contribution < -0.4 is 5.73 Å². The predicted molar refractivity (Wildman–Crippen MR) is 82.0 cm³/mol. The van der Waals surface area contributed by atoms with E-state index in [2.05, 4.69) is 17.1 Å². The van der Waals surface area contributed by atoms with Crippen LogP contribution in [0.25, 0.3) is 0 Å². The van der Waals surface area contributed by atoms with Crippen molar-refractivity contribution >= 4 is 0 Å². The second-order valence-corrected chi connectivity index (χ2v) is 6.07. The molecule has 5 nitrogen and oxygen atoms in total. The SMILES string of the molecule is CCCC(CCN)CCc1nc(CC2CCCCO2)no1. The van der Waals surface area contributed by atoms with Crippen LogP contribution in [0.15, 0.2) is 4.52 Å². The lowest BCUT2D eigenvalue weighted by molar-refractivity contribution is 0.0153. The Hall–Kier alpha value is -0.940. The van der Waals surface area contributed by atoms with Crippen molar-refractivity contribution in [3.63, 3.8) is 0 Å². The molecule has 21 heavy (non-hydrogen) atoms. The van der Waals surface area contributed by atoms with Crippen molar-refractivity contribution in [3.8, 4) is 0 Å². The first-order valence-electron chi connectivity index (χ1n) is 8.45. The molecule has 1 aliphatic heterocycles. The fourth-order valence-corrected chi connectivity index (χ4v) is 3.05. The minimum Gasteiger partial charge on any atom is -0.378 e. The molecule has 0 bridgehead atoms. The first kappa shape index (κ1) is 16.4. The van der Waals surface area contributed by atoms with E-state index < -0.39 is 0 Å². The summed E-state index contributed by atoms with van der Waals surface area (Å²) in [4.78, 5) is 4.51. The van der Waals surface area contributed by atoms with Crippen molar-refractivity contribution in [3.05, 3.63) is 11.7 Å². The molecule has 1 aromatic rings. The summed E-state index contributed by atoms with van der Waals surface area (Å²) in [6.07, 6.45) is 10.1. The van der Waals surface area contributed by atoms with E-state index in [0.29, 0.717) is 5.92 Å². The summed E-state index contributed by atoms with van der Waals surface area (Å²) in [5.74, 6) is 2.23. The molecule has 0 radical (unpaired) electrons. The van der Waals surface area contributed by atoms with Gasteiger partial charge in [0.2, 0.25) is 5.89 Å². The van der Waals surface area contributed by atoms with Crippen LogP contribution in [-0.2, 0) is 17.6 Å². The van der Waals surface area contributed by atoms with Gasteiger partial charge in [-0.2, -0.15) is 4.98 Å². The maximum absolute atomic E-state index is 5.72. The first-order valence-corrected chi connectivity index (χ1v) is 8.45. The van der Waals surface area contributed by atoms with Gasteiger partial charge in [0.15, 0.2) is 5.82 Å². The largest absolute Gasteiger partial charge is 0.378 e. The van der Waals surface area contributed by atoms with E-state index in [9.17, 15) is 0 Å². The molecule has 120 valence electrons. The van der Waals surface area contributed by atoms with Crippen LogP contribution in [0.5, 0.6) is 0 Å². The number of nitrogens with zero attached hydrogens (tertiary/aromatic N) is 2. The quantitative estimate of drug-likeness (QED) is 0.758. The Bertz CT molecular complexity index is 383. The Morgan fingerprint density at radius 1 is 1.29 bits per heavy atom. The second-order valence-electron chi connectivity index (χ2n) is 6.07. The summed E-state index contributed by atoms with van der Waals surface area (Å²) >= 11 is 0. The molecule has 0 spiro atoms. The molecule has 0 saturated carbocycles. The van der Waals surface area contributed by atoms with E-state index in [0.717, 1.165) is 57.0 Å². The van der Waals surface area contributed by atoms with Crippen molar-refractivity contribution < 1.29 is 9.26 Å². The molecule has 5 heteroatoms. The molecule has 1 aliphatic rings. The van der Waals surface area contributed by atoms with Gasteiger partial charge in [0, 0.05) is 19.4 Å². The molecule has 0 amide bonds. The Morgan fingerprint density at radius 2 is 2.19 bits per heavy atom. The molecule has 1 saturated heterocycles. The average molecular weight is 295 g/mol. The van der Waals surface area contributed by atoms with Gasteiger partial charge >= 0.3 is 0 Å². The molecule has 0 aromatic carbocycles. The van der Waals surface area contributed by atoms with Gasteiger partial charge in [-0.05, 0) is 44.6 Å². The van der Waals surface area contributed by atoms with E-state index in [4.69, 9.17) is 15.0 Å². The van der Waals surface area contributed by atoms with Crippen LogP contribution >= 0.6 is 0 Å². The highest BCUT2D eigenvalue weighted by molar-refractivity contribution is 4.90. The molecule has 1 fully saturated rings. The number of ether oxygens (including phenoxy) is 1. The lowest BCUT2D eigenvalue weighted by atomic mass is 9.94. The summed E-state index contributed by atoms with van der Waals surface area (Å²) in [6, 6.07) is 0. The van der Waals surface area contributed by atoms with Crippen molar-refractivity contribution in [1.82, 2.24) is 10.1 Å². The molecule has 2 N–H and O–H groups in total. The standard InChI is InChI=1S/C16H29N3O2/c1-2-5-13(9-10-17)7-8-16-18-15(19-21-16)12-14-6-3-4-11-20-14/h13-14H,2-12,17H2,1H3. The fourth-order valence-electron chi connectivity index (χ4n) is 3.05. The average Bonchev–Trinajstić information content (AvgIpc) is 2.94. The number of aryl methyl sites for hydroxylation is 1. The number of hydrogen-bond donors (Lipinski definition) is 1. The molecule has 2 heterocycles. The van der Waals surface area contributed by atoms with Gasteiger partial charge in [-0.3, -0.25) is 0 Å². The molecular weight excluding hydrogens is 266 g/mol. The van der Waals surface area contributed by atoms with Gasteiger partial charge in [0.25, 0.3) is 0 Å². The van der Waals surface area contributed by atoms with Crippen LogP contribution in [0, 0.1) is 5.92 Å². The molecule has 0 aliphatic carbocycles. The van der Waals surface area contributed by atoms with Gasteiger partial charge < -0.3 is 15.0 Å². The number of hydrogen-bond acceptors (Lipinski definition) is 5. The highest BCUT2D eigenvalue weighted by Crippen LogP contribution is 2.19. The Kier molecular flexibility index (Phi) is 7.16. The van der Waals surface area contributed by atoms with Gasteiger partial charge in [-0.25, -0.2) is 0 Å². The first-order chi connectivity index (χ1) is 10.3. The fraction of sp³-hybridized carbons (Fsp3) is 0.875. The highest BCUT2D eigenvalue weighted by Gasteiger charge is 2.18. The lowest BCUT2D eigenvalue weighted by Gasteiger charge is -2.20. The van der Waals surface area contributed by atoms with Gasteiger partial charge in [-0.1, -0.05) is 24.9 Å². The van der Waals surface area contributed by atoms with Crippen LogP contribution in [0.1, 0.15) is 63.6 Å². The summed E-state index contributed by atoms with van der Waals surface area (Å²) in [7, 11) is 0. The topological polar surface area (TPSA) is 74.2 Å². The van der Waals surface area contributed by atoms with Gasteiger partial charge in [0.1, 0.15) is 0 Å². The van der Waals surface area contributed by atoms with Crippen LogP contribution in [-0.4, -0.2) is 29.4 Å². The summed E-state index contributed by atoms with van der Waals surface area (Å²) in [5, 5.41) is 4.09. The summed E-state index contributed by atoms with van der Waals surface area (Å²) < 4.78 is 11.1. The van der Waals surface area contributed by atoms with E-state index >= 15 is 0 Å². The van der Waals surface area contributed by atoms with Gasteiger partial charge in [-0.15, -0.1) is 0 Å². The Labute approximate surface area is 127 Å². The van der Waals surface area contributed by atoms with Crippen molar-refractivity contribution in [2.75, 3.05) is 13.2 Å². The molecular formula is C16H29N3O2. The normalized spacial score (nSPS) is 20.6.